The molecule has 2 N–H and O–H groups in total. The number of aromatic nitrogens is 1. The third kappa shape index (κ3) is 3.82. The molecule has 2 fully saturated rings. The Morgan fingerprint density at radius 2 is 2.09 bits per heavy atom. The number of anilines is 1. The van der Waals surface area contributed by atoms with Crippen LogP contribution in [0.5, 0.6) is 0 Å². The molecule has 6 nitrogen and oxygen atoms in total. The van der Waals surface area contributed by atoms with Crippen molar-refractivity contribution in [1.29, 1.82) is 0 Å². The fourth-order valence-corrected chi connectivity index (χ4v) is 3.02. The van der Waals surface area contributed by atoms with Gasteiger partial charge in [-0.2, -0.15) is 0 Å². The van der Waals surface area contributed by atoms with E-state index < -0.39 is 0 Å². The van der Waals surface area contributed by atoms with Crippen LogP contribution in [-0.2, 0) is 9.59 Å². The molecule has 1 atom stereocenters. The first-order valence-electron chi connectivity index (χ1n) is 7.95. The molecular weight excluding hydrogens is 280 g/mol. The van der Waals surface area contributed by atoms with Crippen molar-refractivity contribution in [3.8, 4) is 0 Å². The molecule has 2 heterocycles. The van der Waals surface area contributed by atoms with Gasteiger partial charge in [0.15, 0.2) is 0 Å². The minimum Gasteiger partial charge on any atom is -0.346 e. The molecule has 6 heteroatoms. The van der Waals surface area contributed by atoms with E-state index in [4.69, 9.17) is 0 Å². The predicted octanol–water partition coefficient (Wildman–Crippen LogP) is 1.01. The molecule has 1 aliphatic carbocycles. The molecule has 1 aromatic heterocycles. The van der Waals surface area contributed by atoms with Gasteiger partial charge in [0.25, 0.3) is 0 Å². The third-order valence-electron chi connectivity index (χ3n) is 4.24. The zero-order valence-electron chi connectivity index (χ0n) is 12.6. The summed E-state index contributed by atoms with van der Waals surface area (Å²) >= 11 is 0. The van der Waals surface area contributed by atoms with Crippen LogP contribution in [0.15, 0.2) is 24.5 Å². The molecule has 1 saturated carbocycles. The summed E-state index contributed by atoms with van der Waals surface area (Å²) < 4.78 is 0. The van der Waals surface area contributed by atoms with Gasteiger partial charge in [-0.25, -0.2) is 0 Å². The number of likely N-dealkylation sites (tertiary alicyclic amines) is 1. The zero-order chi connectivity index (χ0) is 15.4. The van der Waals surface area contributed by atoms with Crippen LogP contribution in [0.1, 0.15) is 25.7 Å². The van der Waals surface area contributed by atoms with Crippen molar-refractivity contribution in [2.75, 3.05) is 25.0 Å². The van der Waals surface area contributed by atoms with Gasteiger partial charge in [-0.15, -0.1) is 0 Å². The second-order valence-corrected chi connectivity index (χ2v) is 6.03. The van der Waals surface area contributed by atoms with Gasteiger partial charge < -0.3 is 10.6 Å². The molecule has 22 heavy (non-hydrogen) atoms. The Morgan fingerprint density at radius 1 is 1.32 bits per heavy atom. The highest BCUT2D eigenvalue weighted by Gasteiger charge is 2.40. The van der Waals surface area contributed by atoms with E-state index in [2.05, 4.69) is 20.5 Å². The van der Waals surface area contributed by atoms with E-state index in [9.17, 15) is 9.59 Å². The smallest absolute Gasteiger partial charge is 0.243 e. The fraction of sp³-hybridized carbons (Fsp3) is 0.562. The van der Waals surface area contributed by atoms with Gasteiger partial charge in [0, 0.05) is 6.20 Å². The lowest BCUT2D eigenvalue weighted by Crippen LogP contribution is -2.48. The first kappa shape index (κ1) is 15.0. The van der Waals surface area contributed by atoms with E-state index in [1.165, 1.54) is 0 Å². The Bertz CT molecular complexity index is 524. The maximum atomic E-state index is 12.4. The van der Waals surface area contributed by atoms with Gasteiger partial charge in [-0.1, -0.05) is 0 Å². The fourth-order valence-electron chi connectivity index (χ4n) is 3.02. The summed E-state index contributed by atoms with van der Waals surface area (Å²) in [5.41, 5.74) is 0.639. The average molecular weight is 302 g/mol. The number of nitrogens with one attached hydrogen (secondary N) is 2. The number of hydrogen-bond donors (Lipinski definition) is 2. The molecule has 0 aromatic carbocycles. The molecule has 2 amide bonds. The first-order chi connectivity index (χ1) is 10.7. The van der Waals surface area contributed by atoms with Gasteiger partial charge >= 0.3 is 0 Å². The van der Waals surface area contributed by atoms with E-state index in [0.717, 1.165) is 38.8 Å². The summed E-state index contributed by atoms with van der Waals surface area (Å²) in [4.78, 5) is 30.5. The summed E-state index contributed by atoms with van der Waals surface area (Å²) in [5, 5.41) is 5.51. The molecule has 1 aromatic rings. The number of pyridine rings is 1. The maximum Gasteiger partial charge on any atom is 0.243 e. The van der Waals surface area contributed by atoms with Crippen molar-refractivity contribution in [2.24, 2.45) is 5.92 Å². The second-order valence-electron chi connectivity index (χ2n) is 6.03. The molecule has 118 valence electrons. The Kier molecular flexibility index (Phi) is 4.68. The van der Waals surface area contributed by atoms with Crippen molar-refractivity contribution >= 4 is 17.5 Å². The molecule has 0 bridgehead atoms. The number of carbonyl (C=O) groups excluding carboxylic acids is 2. The van der Waals surface area contributed by atoms with Crippen LogP contribution in [0.25, 0.3) is 0 Å². The van der Waals surface area contributed by atoms with E-state index in [-0.39, 0.29) is 24.4 Å². The van der Waals surface area contributed by atoms with Crippen molar-refractivity contribution in [2.45, 2.75) is 31.7 Å². The molecule has 3 rings (SSSR count). The summed E-state index contributed by atoms with van der Waals surface area (Å²) in [5.74, 6) is 0.238. The van der Waals surface area contributed by atoms with Crippen LogP contribution in [0, 0.1) is 5.92 Å². The van der Waals surface area contributed by atoms with Crippen LogP contribution >= 0.6 is 0 Å². The zero-order valence-corrected chi connectivity index (χ0v) is 12.6. The van der Waals surface area contributed by atoms with E-state index >= 15 is 0 Å². The summed E-state index contributed by atoms with van der Waals surface area (Å²) in [6.07, 6.45) is 7.80. The van der Waals surface area contributed by atoms with Gasteiger partial charge in [0.05, 0.1) is 24.5 Å². The molecule has 0 radical (unpaired) electrons. The lowest BCUT2D eigenvalue weighted by Gasteiger charge is -2.26. The van der Waals surface area contributed by atoms with Crippen LogP contribution in [0.4, 0.5) is 5.69 Å². The van der Waals surface area contributed by atoms with Gasteiger partial charge in [-0.05, 0) is 56.8 Å². The highest BCUT2D eigenvalue weighted by atomic mass is 16.2. The van der Waals surface area contributed by atoms with Crippen molar-refractivity contribution in [1.82, 2.24) is 15.2 Å². The van der Waals surface area contributed by atoms with Crippen LogP contribution in [0.2, 0.25) is 0 Å². The predicted molar refractivity (Wildman–Crippen MR) is 83.2 cm³/mol. The summed E-state index contributed by atoms with van der Waals surface area (Å²) in [7, 11) is 0. The minimum atomic E-state index is -0.225. The molecule has 0 unspecified atom stereocenters. The highest BCUT2D eigenvalue weighted by Crippen LogP contribution is 2.36. The van der Waals surface area contributed by atoms with Gasteiger partial charge in [0.1, 0.15) is 0 Å². The number of rotatable bonds is 6. The average Bonchev–Trinajstić information content (AvgIpc) is 3.20. The van der Waals surface area contributed by atoms with E-state index in [1.807, 2.05) is 0 Å². The Balaban J connectivity index is 1.49. The second kappa shape index (κ2) is 6.87. The number of nitrogens with zero attached hydrogens (tertiary/aromatic N) is 2. The van der Waals surface area contributed by atoms with Gasteiger partial charge in [0.2, 0.25) is 11.8 Å². The van der Waals surface area contributed by atoms with E-state index in [0.29, 0.717) is 11.6 Å². The minimum absolute atomic E-state index is 0.00475. The van der Waals surface area contributed by atoms with Crippen LogP contribution in [-0.4, -0.2) is 47.4 Å². The van der Waals surface area contributed by atoms with Crippen molar-refractivity contribution in [3.63, 3.8) is 0 Å². The van der Waals surface area contributed by atoms with Gasteiger partial charge in [-0.3, -0.25) is 19.5 Å². The molecular formula is C16H22N4O2. The number of hydrogen-bond acceptors (Lipinski definition) is 4. The maximum absolute atomic E-state index is 12.4. The van der Waals surface area contributed by atoms with Crippen molar-refractivity contribution in [3.05, 3.63) is 24.5 Å². The first-order valence-corrected chi connectivity index (χ1v) is 7.95. The molecule has 0 spiro atoms. The number of amides is 2. The monoisotopic (exact) mass is 302 g/mol. The summed E-state index contributed by atoms with van der Waals surface area (Å²) in [6, 6.07) is 3.47. The Hall–Kier alpha value is -1.95. The summed E-state index contributed by atoms with van der Waals surface area (Å²) in [6.45, 7) is 2.00. The Labute approximate surface area is 130 Å². The van der Waals surface area contributed by atoms with Crippen LogP contribution < -0.4 is 10.6 Å². The molecule has 1 aliphatic heterocycles. The highest BCUT2D eigenvalue weighted by molar-refractivity contribution is 5.95. The standard InChI is InChI=1S/C16H22N4O2/c21-14(19-13-4-3-7-17-10-13)11-18-16(22)15(12-5-6-12)20-8-1-2-9-20/h3-4,7,10,12,15H,1-2,5-6,8-9,11H2,(H,18,22)(H,19,21)/t15-/m1/s1. The van der Waals surface area contributed by atoms with E-state index in [1.54, 1.807) is 24.5 Å². The number of carbonyl (C=O) groups is 2. The lowest BCUT2D eigenvalue weighted by atomic mass is 10.1. The molecule has 1 saturated heterocycles. The normalized spacial score (nSPS) is 19.6. The SMILES string of the molecule is O=C(CNC(=O)[C@@H](C1CC1)N1CCCC1)Nc1cccnc1. The van der Waals surface area contributed by atoms with Crippen LogP contribution in [0.3, 0.4) is 0 Å². The molecule has 2 aliphatic rings. The third-order valence-corrected chi connectivity index (χ3v) is 4.24. The topological polar surface area (TPSA) is 74.3 Å². The Morgan fingerprint density at radius 3 is 2.73 bits per heavy atom. The largest absolute Gasteiger partial charge is 0.346 e. The van der Waals surface area contributed by atoms with Crippen molar-refractivity contribution < 1.29 is 9.59 Å². The quantitative estimate of drug-likeness (QED) is 0.822. The lowest BCUT2D eigenvalue weighted by molar-refractivity contribution is -0.128.